The zero-order valence-electron chi connectivity index (χ0n) is 11.7. The van der Waals surface area contributed by atoms with Crippen molar-refractivity contribution in [2.24, 2.45) is 0 Å². The molecule has 0 bridgehead atoms. The summed E-state index contributed by atoms with van der Waals surface area (Å²) < 4.78 is 0. The maximum Gasteiger partial charge on any atom is 0.305 e. The molecule has 2 rings (SSSR count). The lowest BCUT2D eigenvalue weighted by Crippen LogP contribution is -2.45. The summed E-state index contributed by atoms with van der Waals surface area (Å²) in [6.07, 6.45) is -0.170. The van der Waals surface area contributed by atoms with Gasteiger partial charge in [-0.2, -0.15) is 0 Å². The van der Waals surface area contributed by atoms with Gasteiger partial charge >= 0.3 is 5.97 Å². The number of carbonyl (C=O) groups is 3. The fourth-order valence-electron chi connectivity index (χ4n) is 2.03. The highest BCUT2D eigenvalue weighted by molar-refractivity contribution is 8.00. The number of fused-ring (bicyclic) bond motifs is 1. The number of carboxylic acids is 1. The Bertz CT molecular complexity index is 613. The molecule has 1 aliphatic rings. The van der Waals surface area contributed by atoms with Crippen LogP contribution in [0.2, 0.25) is 0 Å². The van der Waals surface area contributed by atoms with E-state index in [1.807, 2.05) is 0 Å². The van der Waals surface area contributed by atoms with Crippen LogP contribution in [-0.2, 0) is 9.59 Å². The van der Waals surface area contributed by atoms with Crippen LogP contribution in [0.3, 0.4) is 0 Å². The molecule has 1 aromatic carbocycles. The lowest BCUT2D eigenvalue weighted by atomic mass is 10.00. The Hall–Kier alpha value is -2.02. The average molecular weight is 308 g/mol. The summed E-state index contributed by atoms with van der Waals surface area (Å²) in [5, 5.41) is 14.2. The first-order chi connectivity index (χ1) is 9.77. The van der Waals surface area contributed by atoms with Crippen LogP contribution in [-0.4, -0.2) is 34.2 Å². The van der Waals surface area contributed by atoms with E-state index in [4.69, 9.17) is 5.11 Å². The first-order valence-electron chi connectivity index (χ1n) is 6.38. The van der Waals surface area contributed by atoms with Gasteiger partial charge in [0, 0.05) is 16.0 Å². The summed E-state index contributed by atoms with van der Waals surface area (Å²) in [4.78, 5) is 35.2. The number of hydrogen-bond donors (Lipinski definition) is 3. The van der Waals surface area contributed by atoms with Gasteiger partial charge in [-0.05, 0) is 32.0 Å². The summed E-state index contributed by atoms with van der Waals surface area (Å²) in [5.41, 5.74) is 0.145. The molecule has 1 aromatic rings. The molecule has 0 unspecified atom stereocenters. The molecule has 7 heteroatoms. The van der Waals surface area contributed by atoms with Crippen molar-refractivity contribution in [2.45, 2.75) is 30.7 Å². The Morgan fingerprint density at radius 3 is 2.81 bits per heavy atom. The van der Waals surface area contributed by atoms with Crippen molar-refractivity contribution in [2.75, 3.05) is 11.1 Å². The Morgan fingerprint density at radius 2 is 2.14 bits per heavy atom. The number of rotatable bonds is 4. The lowest BCUT2D eigenvalue weighted by Gasteiger charge is -2.24. The summed E-state index contributed by atoms with van der Waals surface area (Å²) in [6, 6.07) is 5.04. The Morgan fingerprint density at radius 1 is 1.43 bits per heavy atom. The number of aliphatic carboxylic acids is 1. The third-order valence-corrected chi connectivity index (χ3v) is 3.99. The predicted molar refractivity (Wildman–Crippen MR) is 79.6 cm³/mol. The SMILES string of the molecule is CC(C)(CC(=O)O)NC(=O)c1ccc2c(c1)NC(=O)CS2. The highest BCUT2D eigenvalue weighted by Crippen LogP contribution is 2.32. The van der Waals surface area contributed by atoms with E-state index in [-0.39, 0.29) is 18.2 Å². The van der Waals surface area contributed by atoms with E-state index in [2.05, 4.69) is 10.6 Å². The van der Waals surface area contributed by atoms with Crippen molar-refractivity contribution >= 4 is 35.2 Å². The molecule has 0 radical (unpaired) electrons. The largest absolute Gasteiger partial charge is 0.481 e. The standard InChI is InChI=1S/C14H16N2O4S/c1-14(2,6-12(18)19)16-13(20)8-3-4-10-9(5-8)15-11(17)7-21-10/h3-5H,6-7H2,1-2H3,(H,15,17)(H,16,20)(H,18,19). The van der Waals surface area contributed by atoms with Crippen molar-refractivity contribution in [3.63, 3.8) is 0 Å². The van der Waals surface area contributed by atoms with E-state index in [1.165, 1.54) is 11.8 Å². The molecule has 112 valence electrons. The van der Waals surface area contributed by atoms with E-state index < -0.39 is 11.5 Å². The molecule has 3 N–H and O–H groups in total. The van der Waals surface area contributed by atoms with E-state index in [0.29, 0.717) is 17.0 Å². The minimum atomic E-state index is -0.977. The topological polar surface area (TPSA) is 95.5 Å². The average Bonchev–Trinajstić information content (AvgIpc) is 2.35. The number of benzene rings is 1. The van der Waals surface area contributed by atoms with Crippen molar-refractivity contribution in [3.8, 4) is 0 Å². The van der Waals surface area contributed by atoms with Crippen LogP contribution in [0.4, 0.5) is 5.69 Å². The van der Waals surface area contributed by atoms with Gasteiger partial charge in [-0.1, -0.05) is 0 Å². The van der Waals surface area contributed by atoms with E-state index in [0.717, 1.165) is 4.90 Å². The van der Waals surface area contributed by atoms with Gasteiger partial charge in [0.05, 0.1) is 17.9 Å². The van der Waals surface area contributed by atoms with Gasteiger partial charge in [-0.3, -0.25) is 14.4 Å². The van der Waals surface area contributed by atoms with Crippen LogP contribution in [0.1, 0.15) is 30.6 Å². The summed E-state index contributed by atoms with van der Waals surface area (Å²) in [6.45, 7) is 3.30. The van der Waals surface area contributed by atoms with Gasteiger partial charge in [0.2, 0.25) is 5.91 Å². The van der Waals surface area contributed by atoms with Gasteiger partial charge in [0.15, 0.2) is 0 Å². The summed E-state index contributed by atoms with van der Waals surface area (Å²) in [5.74, 6) is -1.08. The number of anilines is 1. The monoisotopic (exact) mass is 308 g/mol. The van der Waals surface area contributed by atoms with Crippen molar-refractivity contribution in [3.05, 3.63) is 23.8 Å². The van der Waals surface area contributed by atoms with E-state index >= 15 is 0 Å². The molecular formula is C14H16N2O4S. The molecule has 0 atom stereocenters. The number of hydrogen-bond acceptors (Lipinski definition) is 4. The molecule has 0 saturated heterocycles. The smallest absolute Gasteiger partial charge is 0.305 e. The van der Waals surface area contributed by atoms with Gasteiger partial charge in [-0.25, -0.2) is 0 Å². The molecule has 0 saturated carbocycles. The van der Waals surface area contributed by atoms with Crippen molar-refractivity contribution in [1.29, 1.82) is 0 Å². The van der Waals surface area contributed by atoms with Crippen LogP contribution < -0.4 is 10.6 Å². The molecule has 0 spiro atoms. The maximum atomic E-state index is 12.2. The second-order valence-electron chi connectivity index (χ2n) is 5.46. The molecule has 0 aliphatic carbocycles. The molecule has 1 aliphatic heterocycles. The van der Waals surface area contributed by atoms with E-state index in [1.54, 1.807) is 32.0 Å². The molecule has 0 fully saturated rings. The first-order valence-corrected chi connectivity index (χ1v) is 7.36. The van der Waals surface area contributed by atoms with Gasteiger partial charge in [-0.15, -0.1) is 11.8 Å². The quantitative estimate of drug-likeness (QED) is 0.787. The van der Waals surface area contributed by atoms with Crippen molar-refractivity contribution in [1.82, 2.24) is 5.32 Å². The minimum absolute atomic E-state index is 0.101. The zero-order chi connectivity index (χ0) is 15.6. The van der Waals surface area contributed by atoms with Gasteiger partial charge in [0.25, 0.3) is 5.91 Å². The number of thioether (sulfide) groups is 1. The second kappa shape index (κ2) is 5.77. The third-order valence-electron chi connectivity index (χ3n) is 2.92. The molecule has 2 amide bonds. The van der Waals surface area contributed by atoms with Crippen LogP contribution in [0.15, 0.2) is 23.1 Å². The molecule has 21 heavy (non-hydrogen) atoms. The maximum absolute atomic E-state index is 12.2. The summed E-state index contributed by atoms with van der Waals surface area (Å²) in [7, 11) is 0. The normalized spacial score (nSPS) is 14.1. The second-order valence-corrected chi connectivity index (χ2v) is 6.47. The molecular weight excluding hydrogens is 292 g/mol. The molecule has 6 nitrogen and oxygen atoms in total. The number of amides is 2. The van der Waals surface area contributed by atoms with E-state index in [9.17, 15) is 14.4 Å². The molecule has 1 heterocycles. The fraction of sp³-hybridized carbons (Fsp3) is 0.357. The molecule has 0 aromatic heterocycles. The minimum Gasteiger partial charge on any atom is -0.481 e. The predicted octanol–water partition coefficient (Wildman–Crippen LogP) is 1.71. The Balaban J connectivity index is 2.15. The number of carbonyl (C=O) groups excluding carboxylic acids is 2. The third kappa shape index (κ3) is 3.98. The van der Waals surface area contributed by atoms with Crippen LogP contribution in [0, 0.1) is 0 Å². The van der Waals surface area contributed by atoms with Crippen molar-refractivity contribution < 1.29 is 19.5 Å². The Labute approximate surface area is 126 Å². The fourth-order valence-corrected chi connectivity index (χ4v) is 2.81. The summed E-state index contributed by atoms with van der Waals surface area (Å²) >= 11 is 1.42. The first kappa shape index (κ1) is 15.4. The highest BCUT2D eigenvalue weighted by atomic mass is 32.2. The Kier molecular flexibility index (Phi) is 4.22. The highest BCUT2D eigenvalue weighted by Gasteiger charge is 2.25. The zero-order valence-corrected chi connectivity index (χ0v) is 12.5. The van der Waals surface area contributed by atoms with Crippen LogP contribution in [0.25, 0.3) is 0 Å². The van der Waals surface area contributed by atoms with Gasteiger partial charge in [0.1, 0.15) is 0 Å². The van der Waals surface area contributed by atoms with Crippen LogP contribution in [0.5, 0.6) is 0 Å². The number of carboxylic acid groups (broad SMARTS) is 1. The lowest BCUT2D eigenvalue weighted by molar-refractivity contribution is -0.138. The van der Waals surface area contributed by atoms with Crippen LogP contribution >= 0.6 is 11.8 Å². The van der Waals surface area contributed by atoms with Gasteiger partial charge < -0.3 is 15.7 Å². The number of nitrogens with one attached hydrogen (secondary N) is 2.